The van der Waals surface area contributed by atoms with Crippen LogP contribution in [0.5, 0.6) is 23.0 Å². The molecule has 5 N–H and O–H groups in total. The number of aromatic nitrogens is 6. The molecule has 2 atom stereocenters. The fourth-order valence-electron chi connectivity index (χ4n) is 11.9. The van der Waals surface area contributed by atoms with Crippen LogP contribution in [0.2, 0.25) is 0 Å². The van der Waals surface area contributed by atoms with Gasteiger partial charge < -0.3 is 69.0 Å². The fourth-order valence-corrected chi connectivity index (χ4v) is 11.9. The summed E-state index contributed by atoms with van der Waals surface area (Å²) < 4.78 is 32.4. The highest BCUT2D eigenvalue weighted by molar-refractivity contribution is 6.04. The normalized spacial score (nSPS) is 16.6. The van der Waals surface area contributed by atoms with Gasteiger partial charge in [-0.05, 0) is 145 Å². The van der Waals surface area contributed by atoms with Crippen molar-refractivity contribution in [3.63, 3.8) is 0 Å². The lowest BCUT2D eigenvalue weighted by Crippen LogP contribution is -2.35. The van der Waals surface area contributed by atoms with E-state index in [1.165, 1.54) is 17.7 Å². The van der Waals surface area contributed by atoms with E-state index in [-0.39, 0.29) is 24.1 Å². The van der Waals surface area contributed by atoms with Gasteiger partial charge >= 0.3 is 12.1 Å². The lowest BCUT2D eigenvalue weighted by atomic mass is 10.0. The maximum absolute atomic E-state index is 13.1. The van der Waals surface area contributed by atoms with E-state index in [1.807, 2.05) is 136 Å². The highest BCUT2D eigenvalue weighted by Gasteiger charge is 2.40. The summed E-state index contributed by atoms with van der Waals surface area (Å²) in [5.41, 5.74) is 21.0. The molecule has 4 fully saturated rings. The van der Waals surface area contributed by atoms with Crippen LogP contribution in [0.3, 0.4) is 0 Å². The monoisotopic (exact) mass is 1250 g/mol. The quantitative estimate of drug-likeness (QED) is 0.0534. The number of carboxylic acid groups (broad SMARTS) is 1. The minimum atomic E-state index is -0.907. The van der Waals surface area contributed by atoms with Crippen molar-refractivity contribution >= 4 is 51.7 Å². The number of fused-ring (bicyclic) bond motifs is 2. The number of carbonyl (C=O) groups excluding carboxylic acids is 2. The number of para-hydroxylation sites is 2. The predicted molar refractivity (Wildman–Crippen MR) is 358 cm³/mol. The van der Waals surface area contributed by atoms with Gasteiger partial charge in [0, 0.05) is 101 Å². The largest absolute Gasteiger partial charge is 0.478 e. The molecule has 2 saturated heterocycles. The molecule has 0 spiro atoms. The van der Waals surface area contributed by atoms with E-state index in [1.54, 1.807) is 37.6 Å². The number of likely N-dealkylation sites (tertiary alicyclic amines) is 2. The van der Waals surface area contributed by atoms with Gasteiger partial charge in [-0.1, -0.05) is 72.8 Å². The average Bonchev–Trinajstić information content (AvgIpc) is 1.58. The fraction of sp³-hybridized carbons (Fsp3) is 0.394. The molecule has 4 aromatic carbocycles. The van der Waals surface area contributed by atoms with E-state index in [2.05, 4.69) is 48.3 Å². The molecule has 21 nitrogen and oxygen atoms in total. The molecule has 0 radical (unpaired) electrons. The van der Waals surface area contributed by atoms with Gasteiger partial charge in [-0.15, -0.1) is 0 Å². The molecule has 8 aromatic rings. The van der Waals surface area contributed by atoms with Crippen molar-refractivity contribution in [3.8, 4) is 45.3 Å². The Morgan fingerprint density at radius 2 is 0.989 bits per heavy atom. The van der Waals surface area contributed by atoms with E-state index in [9.17, 15) is 14.4 Å². The number of likely N-dealkylation sites (N-methyl/N-ethyl adjacent to an activating group) is 2. The van der Waals surface area contributed by atoms with Crippen molar-refractivity contribution < 1.29 is 43.2 Å². The van der Waals surface area contributed by atoms with Gasteiger partial charge in [-0.3, -0.25) is 4.79 Å². The summed E-state index contributed by atoms with van der Waals surface area (Å²) in [5, 5.41) is 10.0. The number of ether oxygens (including phenoxy) is 5. The number of nitrogens with zero attached hydrogens (tertiary/aromatic N) is 10. The van der Waals surface area contributed by atoms with Crippen LogP contribution in [0.1, 0.15) is 94.6 Å². The standard InChI is InChI=1S/C33H38N6O3.C30H33N5O3.C8H15NO3/c1-37(19-20-41-2)17-6-9-28(40)38-18-16-25(21-38)39-31(24-10-11-24)29(30-32(34)35-22-36-33(30)39)23-12-14-27(15-13-23)42-26-7-4-3-5-8-26;1-30(2,3)38-29(36)34-16-15-21(17-34)35-26(20-9-10-20)24(25-27(31)32-18-33-28(25)35)19-11-13-23(14-12-19)37-22-7-5-4-6-8-22;1-9(6-7-12-2)5-3-4-8(10)11/h3-9,12-15,22,24-25H,10-11,16-21H2,1-2H3,(H2,34,35,36);4-8,11-14,18,20-21H,9-10,15-17H2,1-3H3,(H2,31,32,33);3-4H,5-7H2,1-2H3,(H,10,11)/b9-6+;;4-3+/t25-;21-;/m11./s1. The zero-order chi connectivity index (χ0) is 64.9. The van der Waals surface area contributed by atoms with Crippen LogP contribution in [0.15, 0.2) is 146 Å². The maximum Gasteiger partial charge on any atom is 0.410 e. The first-order valence-electron chi connectivity index (χ1n) is 31.6. The van der Waals surface area contributed by atoms with Crippen LogP contribution >= 0.6 is 0 Å². The van der Waals surface area contributed by atoms with E-state index < -0.39 is 11.6 Å². The Morgan fingerprint density at radius 3 is 1.40 bits per heavy atom. The summed E-state index contributed by atoms with van der Waals surface area (Å²) in [7, 11) is 7.26. The maximum atomic E-state index is 13.1. The third-order valence-electron chi connectivity index (χ3n) is 16.6. The van der Waals surface area contributed by atoms with Gasteiger partial charge in [0.05, 0.1) is 36.1 Å². The zero-order valence-electron chi connectivity index (χ0n) is 53.8. The smallest absolute Gasteiger partial charge is 0.410 e. The summed E-state index contributed by atoms with van der Waals surface area (Å²) in [6.45, 7) is 12.5. The summed E-state index contributed by atoms with van der Waals surface area (Å²) in [4.78, 5) is 62.0. The third-order valence-corrected chi connectivity index (χ3v) is 16.6. The summed E-state index contributed by atoms with van der Waals surface area (Å²) in [5.74, 6) is 4.08. The van der Waals surface area contributed by atoms with Gasteiger partial charge in [0.2, 0.25) is 5.91 Å². The van der Waals surface area contributed by atoms with E-state index in [0.29, 0.717) is 76.0 Å². The number of benzene rings is 4. The SMILES string of the molecule is CC(C)(C)OC(=O)N1CC[C@@H](n2c(C3CC3)c(-c3ccc(Oc4ccccc4)cc3)c3c(N)ncnc32)C1.COCCN(C)C/C=C/C(=O)N1CC[C@@H](n2c(C3CC3)c(-c3ccc(Oc4ccccc4)cc3)c3c(N)ncnc32)C1.COCCN(C)C/C=C/C(=O)O. The predicted octanol–water partition coefficient (Wildman–Crippen LogP) is 12.0. The number of anilines is 2. The zero-order valence-corrected chi connectivity index (χ0v) is 53.8. The first-order valence-corrected chi connectivity index (χ1v) is 31.6. The van der Waals surface area contributed by atoms with Crippen molar-refractivity contribution in [1.29, 1.82) is 0 Å². The summed E-state index contributed by atoms with van der Waals surface area (Å²) >= 11 is 0. The van der Waals surface area contributed by atoms with Crippen LogP contribution < -0.4 is 20.9 Å². The second kappa shape index (κ2) is 30.3. The number of hydrogen-bond acceptors (Lipinski definition) is 16. The van der Waals surface area contributed by atoms with Gasteiger partial charge in [0.1, 0.15) is 64.2 Å². The van der Waals surface area contributed by atoms with Crippen molar-refractivity contribution in [2.45, 2.75) is 88.8 Å². The Kier molecular flexibility index (Phi) is 21.7. The Morgan fingerprint density at radius 1 is 0.576 bits per heavy atom. The first kappa shape index (κ1) is 65.8. The second-order valence-corrected chi connectivity index (χ2v) is 24.9. The van der Waals surface area contributed by atoms with Gasteiger partial charge in [-0.2, -0.15) is 0 Å². The molecule has 484 valence electrons. The number of rotatable bonds is 22. The lowest BCUT2D eigenvalue weighted by molar-refractivity contribution is -0.131. The average molecular weight is 1250 g/mol. The molecular formula is C71H86N12O9. The number of nitrogens with two attached hydrogens (primary N) is 2. The van der Waals surface area contributed by atoms with Crippen LogP contribution in [0.4, 0.5) is 16.4 Å². The van der Waals surface area contributed by atoms with E-state index in [4.69, 9.17) is 50.2 Å². The molecule has 2 aliphatic carbocycles. The first-order chi connectivity index (χ1) is 44.5. The number of carboxylic acids is 1. The van der Waals surface area contributed by atoms with Crippen molar-refractivity contribution in [3.05, 3.63) is 158 Å². The molecule has 92 heavy (non-hydrogen) atoms. The lowest BCUT2D eigenvalue weighted by Gasteiger charge is -2.25. The molecule has 4 aliphatic rings. The van der Waals surface area contributed by atoms with Crippen LogP contribution in [0, 0.1) is 0 Å². The van der Waals surface area contributed by atoms with Gasteiger partial charge in [-0.25, -0.2) is 29.5 Å². The Bertz CT molecular complexity index is 3840. The van der Waals surface area contributed by atoms with Crippen molar-refractivity contribution in [2.75, 3.05) is 105 Å². The summed E-state index contributed by atoms with van der Waals surface area (Å²) in [6.07, 6.45) is 15.4. The molecule has 2 aliphatic heterocycles. The number of nitrogen functional groups attached to an aromatic ring is 2. The number of methoxy groups -OCH3 is 2. The number of carbonyl (C=O) groups is 3. The van der Waals surface area contributed by atoms with E-state index in [0.717, 1.165) is 125 Å². The Labute approximate surface area is 538 Å². The minimum Gasteiger partial charge on any atom is -0.478 e. The number of hydrogen-bond donors (Lipinski definition) is 3. The molecule has 6 heterocycles. The number of amides is 2. The number of aliphatic carboxylic acids is 1. The van der Waals surface area contributed by atoms with Crippen LogP contribution in [-0.2, 0) is 23.8 Å². The highest BCUT2D eigenvalue weighted by atomic mass is 16.6. The van der Waals surface area contributed by atoms with Gasteiger partial charge in [0.15, 0.2) is 0 Å². The van der Waals surface area contributed by atoms with Crippen LogP contribution in [-0.4, -0.2) is 171 Å². The Hall–Kier alpha value is -9.15. The van der Waals surface area contributed by atoms with Gasteiger partial charge in [0.25, 0.3) is 0 Å². The van der Waals surface area contributed by atoms with E-state index >= 15 is 0 Å². The molecule has 4 aromatic heterocycles. The van der Waals surface area contributed by atoms with Crippen LogP contribution in [0.25, 0.3) is 44.3 Å². The molecule has 21 heteroatoms. The molecule has 2 amide bonds. The third kappa shape index (κ3) is 16.7. The molecular weight excluding hydrogens is 1160 g/mol. The molecule has 0 bridgehead atoms. The second-order valence-electron chi connectivity index (χ2n) is 24.9. The Balaban J connectivity index is 0.000000172. The molecule has 2 saturated carbocycles. The summed E-state index contributed by atoms with van der Waals surface area (Å²) in [6, 6.07) is 36.0. The highest BCUT2D eigenvalue weighted by Crippen LogP contribution is 2.53. The van der Waals surface area contributed by atoms with Crippen molar-refractivity contribution in [2.24, 2.45) is 0 Å². The topological polar surface area (TPSA) is 244 Å². The minimum absolute atomic E-state index is 0.0467. The molecule has 12 rings (SSSR count). The van der Waals surface area contributed by atoms with Crippen molar-refractivity contribution in [1.82, 2.24) is 48.7 Å². The molecule has 0 unspecified atom stereocenters.